The van der Waals surface area contributed by atoms with E-state index in [1.807, 2.05) is 72.8 Å². The maximum atomic E-state index is 6.24. The van der Waals surface area contributed by atoms with Gasteiger partial charge in [-0.2, -0.15) is 0 Å². The number of furan rings is 2. The van der Waals surface area contributed by atoms with Crippen LogP contribution in [0.3, 0.4) is 0 Å². The molecule has 0 radical (unpaired) electrons. The molecule has 0 aliphatic rings. The molecule has 0 bridgehead atoms. The highest BCUT2D eigenvalue weighted by Crippen LogP contribution is 2.39. The summed E-state index contributed by atoms with van der Waals surface area (Å²) in [6.45, 7) is 0. The third kappa shape index (κ3) is 6.86. The van der Waals surface area contributed by atoms with Gasteiger partial charge in [-0.05, 0) is 118 Å². The molecule has 0 aliphatic heterocycles. The smallest absolute Gasteiger partial charge is 0.136 e. The molecule has 0 aliphatic carbocycles. The molecule has 2 aromatic heterocycles. The van der Waals surface area contributed by atoms with Crippen molar-refractivity contribution in [1.82, 2.24) is 0 Å². The predicted molar refractivity (Wildman–Crippen MR) is 235 cm³/mol. The fraction of sp³-hybridized carbons (Fsp3) is 0.0769. The summed E-state index contributed by atoms with van der Waals surface area (Å²) in [5.41, 5.74) is 12.1. The molecule has 2 heterocycles. The molecule has 0 unspecified atom stereocenters. The van der Waals surface area contributed by atoms with E-state index in [1.165, 1.54) is 0 Å². The molecule has 0 atom stereocenters. The van der Waals surface area contributed by atoms with Crippen LogP contribution in [-0.2, 0) is 0 Å². The van der Waals surface area contributed by atoms with Crippen molar-refractivity contribution in [3.05, 3.63) is 170 Å². The van der Waals surface area contributed by atoms with Crippen molar-refractivity contribution in [1.29, 1.82) is 0 Å². The van der Waals surface area contributed by atoms with Crippen LogP contribution in [0.1, 0.15) is 0 Å². The van der Waals surface area contributed by atoms with Gasteiger partial charge in [0.05, 0.1) is 28.4 Å². The summed E-state index contributed by atoms with van der Waals surface area (Å²) in [4.78, 5) is 0. The first-order valence-electron chi connectivity index (χ1n) is 19.0. The number of para-hydroxylation sites is 2. The van der Waals surface area contributed by atoms with Crippen LogP contribution in [-0.4, -0.2) is 28.4 Å². The number of hydrogen-bond acceptors (Lipinski definition) is 6. The molecule has 0 saturated heterocycles. The first-order chi connectivity index (χ1) is 28.5. The second-order valence-corrected chi connectivity index (χ2v) is 13.9. The van der Waals surface area contributed by atoms with Crippen LogP contribution in [0.15, 0.2) is 179 Å². The third-order valence-electron chi connectivity index (χ3n) is 10.6. The fourth-order valence-corrected chi connectivity index (χ4v) is 7.62. The number of ether oxygens (including phenoxy) is 4. The van der Waals surface area contributed by atoms with E-state index in [9.17, 15) is 0 Å². The van der Waals surface area contributed by atoms with Gasteiger partial charge in [-0.25, -0.2) is 0 Å². The lowest BCUT2D eigenvalue weighted by Crippen LogP contribution is -1.87. The SMILES string of the molecule is COc1cccc(-c2ccc3c(c2)oc2cc(-c4cccc(OC)c4)ccc23)c1.COc1ccccc1-c1ccc2c(c1)oc1cc(-c3ccccc3OC)ccc12. The monoisotopic (exact) mass is 760 g/mol. The Morgan fingerprint density at radius 3 is 1.02 bits per heavy atom. The summed E-state index contributed by atoms with van der Waals surface area (Å²) in [5, 5.41) is 4.43. The van der Waals surface area contributed by atoms with Gasteiger partial charge in [0.25, 0.3) is 0 Å². The highest BCUT2D eigenvalue weighted by molar-refractivity contribution is 6.08. The lowest BCUT2D eigenvalue weighted by Gasteiger charge is -2.08. The zero-order valence-corrected chi connectivity index (χ0v) is 32.6. The molecular formula is C52H40O6. The van der Waals surface area contributed by atoms with Crippen molar-refractivity contribution < 1.29 is 27.8 Å². The summed E-state index contributed by atoms with van der Waals surface area (Å²) in [7, 11) is 6.75. The van der Waals surface area contributed by atoms with Gasteiger partial charge in [0.1, 0.15) is 45.3 Å². The zero-order valence-electron chi connectivity index (χ0n) is 32.6. The Bertz CT molecular complexity index is 2880. The quantitative estimate of drug-likeness (QED) is 0.154. The molecule has 6 heteroatoms. The first kappa shape index (κ1) is 36.2. The standard InChI is InChI=1S/2C26H20O3/c1-27-21-7-3-5-17(13-21)19-9-11-23-24-12-10-20(16-26(24)29-25(23)15-19)18-6-4-8-22(14-18)28-2;1-27-23-9-5-3-7-19(23)17-11-13-21-22-14-12-18(16-26(22)29-25(21)15-17)20-8-4-6-10-24(20)28-2/h2*3-16H,1-2H3. The Morgan fingerprint density at radius 1 is 0.293 bits per heavy atom. The predicted octanol–water partition coefficient (Wildman–Crippen LogP) is 13.9. The van der Waals surface area contributed by atoms with Crippen LogP contribution in [0.4, 0.5) is 0 Å². The van der Waals surface area contributed by atoms with E-state index in [-0.39, 0.29) is 0 Å². The van der Waals surface area contributed by atoms with E-state index < -0.39 is 0 Å². The average molecular weight is 761 g/mol. The molecule has 284 valence electrons. The maximum absolute atomic E-state index is 6.24. The van der Waals surface area contributed by atoms with Gasteiger partial charge in [-0.3, -0.25) is 0 Å². The second-order valence-electron chi connectivity index (χ2n) is 13.9. The number of benzene rings is 8. The summed E-state index contributed by atoms with van der Waals surface area (Å²) in [5.74, 6) is 3.38. The third-order valence-corrected chi connectivity index (χ3v) is 10.6. The lowest BCUT2D eigenvalue weighted by molar-refractivity contribution is 0.415. The molecule has 0 fully saturated rings. The first-order valence-corrected chi connectivity index (χ1v) is 19.0. The molecule has 10 rings (SSSR count). The van der Waals surface area contributed by atoms with Gasteiger partial charge in [-0.15, -0.1) is 0 Å². The minimum absolute atomic E-state index is 0.843. The van der Waals surface area contributed by atoms with Gasteiger partial charge in [0.15, 0.2) is 0 Å². The molecule has 58 heavy (non-hydrogen) atoms. The Morgan fingerprint density at radius 2 is 0.638 bits per heavy atom. The van der Waals surface area contributed by atoms with E-state index in [4.69, 9.17) is 27.8 Å². The molecule has 10 aromatic rings. The average Bonchev–Trinajstić information content (AvgIpc) is 3.85. The molecule has 0 amide bonds. The summed E-state index contributed by atoms with van der Waals surface area (Å²) < 4.78 is 34.2. The van der Waals surface area contributed by atoms with Crippen molar-refractivity contribution in [2.75, 3.05) is 28.4 Å². The fourth-order valence-electron chi connectivity index (χ4n) is 7.62. The Hall–Kier alpha value is -7.44. The molecular weight excluding hydrogens is 721 g/mol. The van der Waals surface area contributed by atoms with Crippen LogP contribution >= 0.6 is 0 Å². The topological polar surface area (TPSA) is 63.2 Å². The van der Waals surface area contributed by atoms with Crippen LogP contribution in [0.2, 0.25) is 0 Å². The van der Waals surface area contributed by atoms with Crippen LogP contribution < -0.4 is 18.9 Å². The van der Waals surface area contributed by atoms with Crippen LogP contribution in [0, 0.1) is 0 Å². The Kier molecular flexibility index (Phi) is 9.74. The molecule has 6 nitrogen and oxygen atoms in total. The summed E-state index contributed by atoms with van der Waals surface area (Å²) in [6, 6.07) is 57.5. The van der Waals surface area contributed by atoms with E-state index >= 15 is 0 Å². The normalized spacial score (nSPS) is 11.1. The highest BCUT2D eigenvalue weighted by Gasteiger charge is 2.14. The van der Waals surface area contributed by atoms with Crippen LogP contribution in [0.25, 0.3) is 88.4 Å². The molecule has 0 N–H and O–H groups in total. The van der Waals surface area contributed by atoms with Crippen LogP contribution in [0.5, 0.6) is 23.0 Å². The van der Waals surface area contributed by atoms with Gasteiger partial charge >= 0.3 is 0 Å². The van der Waals surface area contributed by atoms with Crippen molar-refractivity contribution in [2.24, 2.45) is 0 Å². The van der Waals surface area contributed by atoms with Crippen molar-refractivity contribution in [3.8, 4) is 67.5 Å². The molecule has 8 aromatic carbocycles. The molecule has 0 saturated carbocycles. The zero-order chi connectivity index (χ0) is 39.6. The number of rotatable bonds is 8. The molecule has 0 spiro atoms. The van der Waals surface area contributed by atoms with E-state index in [1.54, 1.807) is 28.4 Å². The minimum atomic E-state index is 0.843. The maximum Gasteiger partial charge on any atom is 0.136 e. The van der Waals surface area contributed by atoms with E-state index in [0.29, 0.717) is 0 Å². The van der Waals surface area contributed by atoms with Gasteiger partial charge in [0, 0.05) is 32.7 Å². The summed E-state index contributed by atoms with van der Waals surface area (Å²) in [6.07, 6.45) is 0. The van der Waals surface area contributed by atoms with E-state index in [0.717, 1.165) is 111 Å². The van der Waals surface area contributed by atoms with Crippen molar-refractivity contribution in [3.63, 3.8) is 0 Å². The lowest BCUT2D eigenvalue weighted by atomic mass is 10.0. The Labute approximate surface area is 336 Å². The van der Waals surface area contributed by atoms with Crippen molar-refractivity contribution >= 4 is 43.9 Å². The number of methoxy groups -OCH3 is 4. The van der Waals surface area contributed by atoms with Gasteiger partial charge in [0.2, 0.25) is 0 Å². The Balaban J connectivity index is 0.000000150. The van der Waals surface area contributed by atoms with Gasteiger partial charge in [-0.1, -0.05) is 84.9 Å². The van der Waals surface area contributed by atoms with E-state index in [2.05, 4.69) is 97.1 Å². The largest absolute Gasteiger partial charge is 0.497 e. The minimum Gasteiger partial charge on any atom is -0.497 e. The highest BCUT2D eigenvalue weighted by atomic mass is 16.5. The van der Waals surface area contributed by atoms with Gasteiger partial charge < -0.3 is 27.8 Å². The van der Waals surface area contributed by atoms with Crippen molar-refractivity contribution in [2.45, 2.75) is 0 Å². The second kappa shape index (κ2) is 15.6. The summed E-state index contributed by atoms with van der Waals surface area (Å²) >= 11 is 0. The number of fused-ring (bicyclic) bond motifs is 6. The number of hydrogen-bond donors (Lipinski definition) is 0.